The molecule has 2 N–H and O–H groups in total. The lowest BCUT2D eigenvalue weighted by Crippen LogP contribution is -2.26. The van der Waals surface area contributed by atoms with Gasteiger partial charge >= 0.3 is 0 Å². The molecule has 0 bridgehead atoms. The van der Waals surface area contributed by atoms with E-state index in [2.05, 4.69) is 17.4 Å². The second-order valence-electron chi connectivity index (χ2n) is 3.53. The number of aliphatic hydroxyl groups excluding tert-OH is 1. The Hall–Kier alpha value is -0.830. The summed E-state index contributed by atoms with van der Waals surface area (Å²) in [6.07, 6.45) is 1.01. The zero-order chi connectivity index (χ0) is 9.80. The molecule has 0 amide bonds. The molecule has 0 aliphatic carbocycles. The molecule has 0 radical (unpaired) electrons. The first-order valence-corrected chi connectivity index (χ1v) is 4.99. The third-order valence-electron chi connectivity index (χ3n) is 2.63. The quantitative estimate of drug-likeness (QED) is 0.805. The summed E-state index contributed by atoms with van der Waals surface area (Å²) < 4.78 is 0. The highest BCUT2D eigenvalue weighted by molar-refractivity contribution is 5.85. The van der Waals surface area contributed by atoms with Crippen molar-refractivity contribution in [2.75, 3.05) is 19.7 Å². The fraction of sp³-hybridized carbons (Fsp3) is 0.333. The van der Waals surface area contributed by atoms with E-state index in [1.807, 2.05) is 18.2 Å². The number of hydrogen-bond acceptors (Lipinski definition) is 2. The molecule has 1 heterocycles. The first-order chi connectivity index (χ1) is 6.92. The van der Waals surface area contributed by atoms with Gasteiger partial charge in [-0.2, -0.15) is 0 Å². The van der Waals surface area contributed by atoms with Gasteiger partial charge in [-0.25, -0.2) is 0 Å². The van der Waals surface area contributed by atoms with E-state index >= 15 is 0 Å². The van der Waals surface area contributed by atoms with E-state index in [0.717, 1.165) is 25.1 Å². The van der Waals surface area contributed by atoms with Crippen LogP contribution in [0.15, 0.2) is 35.9 Å². The Morgan fingerprint density at radius 2 is 1.93 bits per heavy atom. The van der Waals surface area contributed by atoms with Crippen LogP contribution in [0.25, 0.3) is 5.57 Å². The van der Waals surface area contributed by atoms with Gasteiger partial charge in [0.05, 0.1) is 6.61 Å². The topological polar surface area (TPSA) is 32.3 Å². The van der Waals surface area contributed by atoms with Gasteiger partial charge in [0.25, 0.3) is 0 Å². The van der Waals surface area contributed by atoms with Crippen LogP contribution in [0.5, 0.6) is 0 Å². The van der Waals surface area contributed by atoms with Crippen LogP contribution in [0.2, 0.25) is 0 Å². The minimum Gasteiger partial charge on any atom is -0.392 e. The summed E-state index contributed by atoms with van der Waals surface area (Å²) in [4.78, 5) is 0. The number of halogens is 1. The zero-order valence-electron chi connectivity index (χ0n) is 8.57. The molecule has 0 fully saturated rings. The molecule has 1 aliphatic heterocycles. The Kier molecular flexibility index (Phi) is 4.82. The van der Waals surface area contributed by atoms with Crippen LogP contribution in [0.3, 0.4) is 0 Å². The van der Waals surface area contributed by atoms with Crippen molar-refractivity contribution in [1.29, 1.82) is 0 Å². The number of hydrogen-bond donors (Lipinski definition) is 2. The summed E-state index contributed by atoms with van der Waals surface area (Å²) in [6.45, 7) is 1.99. The molecule has 15 heavy (non-hydrogen) atoms. The van der Waals surface area contributed by atoms with Gasteiger partial charge in [0.1, 0.15) is 0 Å². The largest absolute Gasteiger partial charge is 0.392 e. The third kappa shape index (κ3) is 2.81. The SMILES string of the molecule is Cl.OCC1=C(c2ccccc2)CCNC1. The van der Waals surface area contributed by atoms with Gasteiger partial charge in [-0.05, 0) is 29.7 Å². The van der Waals surface area contributed by atoms with Crippen molar-refractivity contribution in [2.24, 2.45) is 0 Å². The molecule has 0 saturated carbocycles. The van der Waals surface area contributed by atoms with Crippen LogP contribution in [-0.2, 0) is 0 Å². The fourth-order valence-electron chi connectivity index (χ4n) is 1.88. The molecule has 0 saturated heterocycles. The van der Waals surface area contributed by atoms with E-state index in [4.69, 9.17) is 0 Å². The number of aliphatic hydroxyl groups is 1. The Morgan fingerprint density at radius 3 is 2.60 bits per heavy atom. The minimum absolute atomic E-state index is 0. The maximum Gasteiger partial charge on any atom is 0.0660 e. The normalized spacial score (nSPS) is 16.1. The minimum atomic E-state index is 0. The Labute approximate surface area is 96.4 Å². The number of rotatable bonds is 2. The van der Waals surface area contributed by atoms with Crippen LogP contribution in [0.1, 0.15) is 12.0 Å². The molecule has 1 aromatic rings. The van der Waals surface area contributed by atoms with Gasteiger partial charge in [-0.1, -0.05) is 30.3 Å². The van der Waals surface area contributed by atoms with Gasteiger partial charge in [-0.3, -0.25) is 0 Å². The van der Waals surface area contributed by atoms with Crippen molar-refractivity contribution >= 4 is 18.0 Å². The highest BCUT2D eigenvalue weighted by Gasteiger charge is 2.12. The van der Waals surface area contributed by atoms with E-state index in [0.29, 0.717) is 0 Å². The number of nitrogens with one attached hydrogen (secondary N) is 1. The van der Waals surface area contributed by atoms with Gasteiger partial charge in [0, 0.05) is 6.54 Å². The van der Waals surface area contributed by atoms with E-state index in [1.54, 1.807) is 0 Å². The molecule has 82 valence electrons. The average Bonchev–Trinajstić information content (AvgIpc) is 2.30. The molecular formula is C12H16ClNO. The highest BCUT2D eigenvalue weighted by atomic mass is 35.5. The smallest absolute Gasteiger partial charge is 0.0660 e. The van der Waals surface area contributed by atoms with Crippen LogP contribution in [-0.4, -0.2) is 24.8 Å². The van der Waals surface area contributed by atoms with Crippen LogP contribution in [0, 0.1) is 0 Å². The molecule has 0 unspecified atom stereocenters. The van der Waals surface area contributed by atoms with Gasteiger partial charge in [-0.15, -0.1) is 12.4 Å². The highest BCUT2D eigenvalue weighted by Crippen LogP contribution is 2.23. The molecule has 1 aliphatic rings. The monoisotopic (exact) mass is 225 g/mol. The molecular weight excluding hydrogens is 210 g/mol. The second kappa shape index (κ2) is 5.91. The second-order valence-corrected chi connectivity index (χ2v) is 3.53. The lowest BCUT2D eigenvalue weighted by molar-refractivity contribution is 0.326. The van der Waals surface area contributed by atoms with Crippen molar-refractivity contribution in [3.05, 3.63) is 41.5 Å². The molecule has 3 heteroatoms. The maximum absolute atomic E-state index is 9.22. The first kappa shape index (κ1) is 12.2. The summed E-state index contributed by atoms with van der Waals surface area (Å²) in [5.41, 5.74) is 3.69. The molecule has 2 rings (SSSR count). The van der Waals surface area contributed by atoms with E-state index in [-0.39, 0.29) is 19.0 Å². The lowest BCUT2D eigenvalue weighted by atomic mass is 9.95. The third-order valence-corrected chi connectivity index (χ3v) is 2.63. The molecule has 1 aromatic carbocycles. The summed E-state index contributed by atoms with van der Waals surface area (Å²) >= 11 is 0. The predicted molar refractivity (Wildman–Crippen MR) is 65.2 cm³/mol. The summed E-state index contributed by atoms with van der Waals surface area (Å²) in [6, 6.07) is 10.3. The summed E-state index contributed by atoms with van der Waals surface area (Å²) in [5.74, 6) is 0. The van der Waals surface area contributed by atoms with Crippen LogP contribution in [0.4, 0.5) is 0 Å². The fourth-order valence-corrected chi connectivity index (χ4v) is 1.88. The predicted octanol–water partition coefficient (Wildman–Crippen LogP) is 1.85. The maximum atomic E-state index is 9.22. The molecule has 0 atom stereocenters. The van der Waals surface area contributed by atoms with E-state index in [9.17, 15) is 5.11 Å². The van der Waals surface area contributed by atoms with Gasteiger partial charge < -0.3 is 10.4 Å². The molecule has 0 spiro atoms. The summed E-state index contributed by atoms with van der Waals surface area (Å²) in [7, 11) is 0. The zero-order valence-corrected chi connectivity index (χ0v) is 9.39. The Balaban J connectivity index is 0.00000112. The van der Waals surface area contributed by atoms with Crippen LogP contribution >= 0.6 is 12.4 Å². The van der Waals surface area contributed by atoms with Crippen molar-refractivity contribution in [3.8, 4) is 0 Å². The molecule has 2 nitrogen and oxygen atoms in total. The average molecular weight is 226 g/mol. The standard InChI is InChI=1S/C12H15NO.ClH/c14-9-11-8-13-7-6-12(11)10-4-2-1-3-5-10;/h1-5,13-14H,6-9H2;1H. The number of benzene rings is 1. The van der Waals surface area contributed by atoms with Crippen LogP contribution < -0.4 is 5.32 Å². The van der Waals surface area contributed by atoms with Crippen molar-refractivity contribution in [1.82, 2.24) is 5.32 Å². The molecule has 0 aromatic heterocycles. The Bertz CT molecular complexity index is 335. The lowest BCUT2D eigenvalue weighted by Gasteiger charge is -2.20. The van der Waals surface area contributed by atoms with Crippen molar-refractivity contribution < 1.29 is 5.11 Å². The van der Waals surface area contributed by atoms with Gasteiger partial charge in [0.2, 0.25) is 0 Å². The van der Waals surface area contributed by atoms with Crippen molar-refractivity contribution in [2.45, 2.75) is 6.42 Å². The van der Waals surface area contributed by atoms with Gasteiger partial charge in [0.15, 0.2) is 0 Å². The van der Waals surface area contributed by atoms with E-state index < -0.39 is 0 Å². The van der Waals surface area contributed by atoms with Crippen molar-refractivity contribution in [3.63, 3.8) is 0 Å². The summed E-state index contributed by atoms with van der Waals surface area (Å²) in [5, 5.41) is 12.5. The Morgan fingerprint density at radius 1 is 1.20 bits per heavy atom. The first-order valence-electron chi connectivity index (χ1n) is 4.99. The van der Waals surface area contributed by atoms with E-state index in [1.165, 1.54) is 11.1 Å².